The number of esters is 2. The van der Waals surface area contributed by atoms with E-state index in [1.54, 1.807) is 82.1 Å². The number of carbonyl (C=O) groups is 5. The predicted molar refractivity (Wildman–Crippen MR) is 287 cm³/mol. The van der Waals surface area contributed by atoms with E-state index in [-0.39, 0.29) is 63.8 Å². The van der Waals surface area contributed by atoms with Crippen molar-refractivity contribution >= 4 is 85.2 Å². The van der Waals surface area contributed by atoms with Crippen molar-refractivity contribution in [2.75, 3.05) is 36.9 Å². The summed E-state index contributed by atoms with van der Waals surface area (Å²) in [6.07, 6.45) is 4.47. The van der Waals surface area contributed by atoms with Crippen molar-refractivity contribution in [3.05, 3.63) is 98.2 Å². The van der Waals surface area contributed by atoms with Crippen LogP contribution in [0.1, 0.15) is 126 Å². The summed E-state index contributed by atoms with van der Waals surface area (Å²) in [5, 5.41) is 9.12. The molecule has 400 valence electrons. The lowest BCUT2D eigenvalue weighted by Gasteiger charge is -2.39. The molecule has 4 amide bonds. The van der Waals surface area contributed by atoms with Crippen LogP contribution in [0, 0.1) is 0 Å². The van der Waals surface area contributed by atoms with Gasteiger partial charge in [0.1, 0.15) is 22.3 Å². The number of halogens is 1. The second-order valence-corrected chi connectivity index (χ2v) is 25.4. The maximum absolute atomic E-state index is 14.2. The van der Waals surface area contributed by atoms with E-state index >= 15 is 0 Å². The first kappa shape index (κ1) is 53.6. The topological polar surface area (TPSA) is 217 Å². The molecule has 3 aliphatic heterocycles. The Bertz CT molecular complexity index is 3250. The first-order chi connectivity index (χ1) is 35.4. The Kier molecular flexibility index (Phi) is 14.8. The van der Waals surface area contributed by atoms with E-state index in [4.69, 9.17) is 25.8 Å². The molecule has 75 heavy (non-hydrogen) atoms. The molecular formula is C54H64ClN7O11S2. The van der Waals surface area contributed by atoms with Crippen LogP contribution in [0.2, 0.25) is 5.02 Å². The summed E-state index contributed by atoms with van der Waals surface area (Å²) in [4.78, 5) is 79.7. The highest BCUT2D eigenvalue weighted by Gasteiger charge is 2.55. The number of piperidine rings is 3. The van der Waals surface area contributed by atoms with Gasteiger partial charge in [-0.05, 0) is 145 Å². The largest absolute Gasteiger partial charge is 0.479 e. The molecule has 4 aliphatic rings. The fraction of sp³-hybridized carbons (Fsp3) is 0.481. The summed E-state index contributed by atoms with van der Waals surface area (Å²) >= 11 is 8.04. The van der Waals surface area contributed by atoms with E-state index < -0.39 is 57.3 Å². The molecule has 21 heteroatoms. The summed E-state index contributed by atoms with van der Waals surface area (Å²) in [6.45, 7) is 11.4. The molecule has 1 aliphatic carbocycles. The van der Waals surface area contributed by atoms with Crippen molar-refractivity contribution in [1.82, 2.24) is 23.7 Å². The first-order valence-electron chi connectivity index (χ1n) is 25.3. The number of hydrogen-bond acceptors (Lipinski definition) is 13. The standard InChI is InChI=1S/C54H64ClN7O11S2/c1-52(2,3)72-43(64)30-71-45-44(55)46(74-47(45)49(66)73-53(4,5)6)35-11-9-13-37(27-35)56-38-20-25-61(54(29-38)21-22-54)75(69,70)31-32-10-8-12-36(26-32)57-50(67)60-23-18-33(19-24-60)34-14-15-39-41(28-34)59(7)51(68)62(39)40-16-17-42(63)58-48(40)65/h8-15,26-28,33,38,40,56H,16-25,29-31H2,1-7H3,(H,57,67)(H,58,63,65)/t38-,40?/m1/s1. The molecule has 3 N–H and O–H groups in total. The molecule has 3 saturated heterocycles. The van der Waals surface area contributed by atoms with Crippen LogP contribution >= 0.6 is 22.9 Å². The maximum atomic E-state index is 14.2. The number of amides is 4. The molecule has 1 spiro atoms. The van der Waals surface area contributed by atoms with Crippen molar-refractivity contribution in [3.63, 3.8) is 0 Å². The number of nitrogens with zero attached hydrogens (tertiary/aromatic N) is 4. The van der Waals surface area contributed by atoms with Crippen molar-refractivity contribution in [1.29, 1.82) is 0 Å². The number of fused-ring (bicyclic) bond motifs is 1. The highest BCUT2D eigenvalue weighted by atomic mass is 35.5. The van der Waals surface area contributed by atoms with Crippen LogP contribution in [-0.4, -0.2) is 106 Å². The zero-order valence-corrected chi connectivity index (χ0v) is 45.6. The van der Waals surface area contributed by atoms with Gasteiger partial charge in [-0.15, -0.1) is 11.3 Å². The van der Waals surface area contributed by atoms with Crippen LogP contribution in [0.5, 0.6) is 5.75 Å². The molecule has 2 atom stereocenters. The van der Waals surface area contributed by atoms with Crippen LogP contribution in [-0.2, 0) is 46.7 Å². The van der Waals surface area contributed by atoms with Gasteiger partial charge in [0.05, 0.1) is 21.7 Å². The number of imidazole rings is 1. The van der Waals surface area contributed by atoms with Crippen LogP contribution in [0.25, 0.3) is 21.5 Å². The SMILES string of the molecule is Cn1c(=O)n(C2CCC(=O)NC2=O)c2ccc(C3CCN(C(=O)Nc4cccc(CS(=O)(=O)N5CC[C@@H](Nc6cccc(-c7sc(C(=O)OC(C)(C)C)c(OCC(=O)OC(C)(C)C)c7Cl)c6)CC56CC6)c4)CC3)cc21. The van der Waals surface area contributed by atoms with Gasteiger partial charge in [0.25, 0.3) is 0 Å². The lowest BCUT2D eigenvalue weighted by Crippen LogP contribution is -2.51. The van der Waals surface area contributed by atoms with Gasteiger partial charge >= 0.3 is 23.7 Å². The number of rotatable bonds is 13. The van der Waals surface area contributed by atoms with E-state index in [2.05, 4.69) is 16.0 Å². The van der Waals surface area contributed by atoms with E-state index in [1.807, 2.05) is 42.5 Å². The van der Waals surface area contributed by atoms with Crippen LogP contribution in [0.4, 0.5) is 16.2 Å². The zero-order valence-electron chi connectivity index (χ0n) is 43.2. The van der Waals surface area contributed by atoms with Gasteiger partial charge in [-0.1, -0.05) is 41.9 Å². The molecule has 9 rings (SSSR count). The van der Waals surface area contributed by atoms with Crippen molar-refractivity contribution < 1.29 is 46.6 Å². The highest BCUT2D eigenvalue weighted by Crippen LogP contribution is 2.51. The molecule has 5 heterocycles. The Balaban J connectivity index is 0.800. The number of likely N-dealkylation sites (tertiary alicyclic amines) is 1. The number of nitrogens with one attached hydrogen (secondary N) is 3. The highest BCUT2D eigenvalue weighted by molar-refractivity contribution is 7.88. The predicted octanol–water partition coefficient (Wildman–Crippen LogP) is 8.73. The summed E-state index contributed by atoms with van der Waals surface area (Å²) in [5.74, 6) is -2.12. The smallest absolute Gasteiger partial charge is 0.352 e. The average Bonchev–Trinajstić information content (AvgIpc) is 3.93. The molecule has 18 nitrogen and oxygen atoms in total. The Hall–Kier alpha value is -6.22. The molecule has 4 fully saturated rings. The number of aryl methyl sites for hydroxylation is 1. The third-order valence-corrected chi connectivity index (χ3v) is 17.7. The number of ether oxygens (including phenoxy) is 3. The lowest BCUT2D eigenvalue weighted by molar-refractivity contribution is -0.157. The molecule has 1 unspecified atom stereocenters. The fourth-order valence-corrected chi connectivity index (χ4v) is 13.9. The van der Waals surface area contributed by atoms with Gasteiger partial charge in [0.15, 0.2) is 17.2 Å². The van der Waals surface area contributed by atoms with E-state index in [0.29, 0.717) is 78.0 Å². The number of benzene rings is 3. The molecular weight excluding hydrogens is 1020 g/mol. The van der Waals surface area contributed by atoms with Gasteiger partial charge in [0.2, 0.25) is 21.8 Å². The second-order valence-electron chi connectivity index (χ2n) is 22.1. The third kappa shape index (κ3) is 11.9. The molecule has 0 radical (unpaired) electrons. The van der Waals surface area contributed by atoms with Crippen LogP contribution < -0.4 is 26.4 Å². The number of aromatic nitrogens is 2. The number of sulfonamides is 1. The number of hydrogen-bond donors (Lipinski definition) is 3. The van der Waals surface area contributed by atoms with Crippen LogP contribution in [0.3, 0.4) is 0 Å². The number of thiophene rings is 1. The summed E-state index contributed by atoms with van der Waals surface area (Å²) in [7, 11) is -2.08. The number of urea groups is 1. The van der Waals surface area contributed by atoms with Gasteiger partial charge in [-0.3, -0.25) is 24.0 Å². The Labute approximate surface area is 445 Å². The quantitative estimate of drug-likeness (QED) is 0.0745. The third-order valence-electron chi connectivity index (χ3n) is 14.1. The monoisotopic (exact) mass is 1090 g/mol. The van der Waals surface area contributed by atoms with Gasteiger partial charge < -0.3 is 29.7 Å². The van der Waals surface area contributed by atoms with Crippen molar-refractivity contribution in [2.45, 2.75) is 133 Å². The molecule has 0 bridgehead atoms. The normalized spacial score (nSPS) is 19.4. The Morgan fingerprint density at radius 1 is 0.853 bits per heavy atom. The van der Waals surface area contributed by atoms with E-state index in [1.165, 1.54) is 9.13 Å². The Morgan fingerprint density at radius 2 is 1.56 bits per heavy atom. The molecule has 5 aromatic rings. The molecule has 1 saturated carbocycles. The van der Waals surface area contributed by atoms with Gasteiger partial charge in [-0.25, -0.2) is 27.6 Å². The molecule has 2 aromatic heterocycles. The summed E-state index contributed by atoms with van der Waals surface area (Å²) in [5.41, 5.74) is 2.55. The first-order valence-corrected chi connectivity index (χ1v) is 28.1. The van der Waals surface area contributed by atoms with Gasteiger partial charge in [-0.2, -0.15) is 4.31 Å². The minimum absolute atomic E-state index is 0.0275. The van der Waals surface area contributed by atoms with E-state index in [0.717, 1.165) is 35.4 Å². The number of anilines is 2. The van der Waals surface area contributed by atoms with Crippen molar-refractivity contribution in [2.24, 2.45) is 7.05 Å². The fourth-order valence-electron chi connectivity index (χ4n) is 10.5. The number of imide groups is 1. The average molecular weight is 1090 g/mol. The maximum Gasteiger partial charge on any atom is 0.352 e. The van der Waals surface area contributed by atoms with Gasteiger partial charge in [0, 0.05) is 56.1 Å². The van der Waals surface area contributed by atoms with Crippen molar-refractivity contribution in [3.8, 4) is 16.2 Å². The summed E-state index contributed by atoms with van der Waals surface area (Å²) in [6, 6.07) is 19.3. The summed E-state index contributed by atoms with van der Waals surface area (Å²) < 4.78 is 50.1. The number of carbonyl (C=O) groups excluding carboxylic acids is 5. The lowest BCUT2D eigenvalue weighted by atomic mass is 9.89. The minimum Gasteiger partial charge on any atom is -0.479 e. The van der Waals surface area contributed by atoms with Crippen LogP contribution in [0.15, 0.2) is 71.5 Å². The molecule has 3 aromatic carbocycles. The second kappa shape index (κ2) is 20.7. The van der Waals surface area contributed by atoms with E-state index in [9.17, 15) is 37.2 Å². The Morgan fingerprint density at radius 3 is 2.25 bits per heavy atom. The minimum atomic E-state index is -3.75. The zero-order chi connectivity index (χ0) is 53.8.